The van der Waals surface area contributed by atoms with E-state index in [0.29, 0.717) is 12.1 Å². The summed E-state index contributed by atoms with van der Waals surface area (Å²) in [4.78, 5) is 2.59. The minimum absolute atomic E-state index is 0.582. The molecule has 2 heteroatoms. The first-order chi connectivity index (χ1) is 7.16. The van der Waals surface area contributed by atoms with Gasteiger partial charge in [0.05, 0.1) is 0 Å². The average Bonchev–Trinajstić information content (AvgIpc) is 2.54. The zero-order chi connectivity index (χ0) is 11.3. The van der Waals surface area contributed by atoms with Gasteiger partial charge in [-0.2, -0.15) is 0 Å². The van der Waals surface area contributed by atoms with Crippen molar-refractivity contribution in [2.24, 2.45) is 0 Å². The molecular formula is C13H28N2. The maximum atomic E-state index is 3.36. The van der Waals surface area contributed by atoms with Crippen molar-refractivity contribution in [3.05, 3.63) is 0 Å². The fraction of sp³-hybridized carbons (Fsp3) is 1.00. The SMILES string of the molecule is CNC(C)C(C)N(C)C1CCCCCC1. The minimum Gasteiger partial charge on any atom is -0.316 e. The van der Waals surface area contributed by atoms with E-state index < -0.39 is 0 Å². The van der Waals surface area contributed by atoms with Crippen LogP contribution in [0.3, 0.4) is 0 Å². The zero-order valence-electron chi connectivity index (χ0n) is 10.9. The molecule has 0 heterocycles. The van der Waals surface area contributed by atoms with E-state index in [1.165, 1.54) is 38.5 Å². The smallest absolute Gasteiger partial charge is 0.0218 e. The Morgan fingerprint density at radius 3 is 2.07 bits per heavy atom. The summed E-state index contributed by atoms with van der Waals surface area (Å²) in [5, 5.41) is 3.36. The van der Waals surface area contributed by atoms with Crippen molar-refractivity contribution in [2.75, 3.05) is 14.1 Å². The van der Waals surface area contributed by atoms with Gasteiger partial charge in [-0.15, -0.1) is 0 Å². The summed E-state index contributed by atoms with van der Waals surface area (Å²) in [6.07, 6.45) is 8.54. The van der Waals surface area contributed by atoms with E-state index in [-0.39, 0.29) is 0 Å². The first kappa shape index (κ1) is 13.0. The molecule has 1 aliphatic rings. The van der Waals surface area contributed by atoms with Gasteiger partial charge in [0.25, 0.3) is 0 Å². The summed E-state index contributed by atoms with van der Waals surface area (Å²) in [6.45, 7) is 4.62. The lowest BCUT2D eigenvalue weighted by atomic mass is 10.0. The zero-order valence-corrected chi connectivity index (χ0v) is 10.9. The normalized spacial score (nSPS) is 23.8. The van der Waals surface area contributed by atoms with E-state index in [1.807, 2.05) is 0 Å². The molecule has 1 fully saturated rings. The van der Waals surface area contributed by atoms with Crippen LogP contribution >= 0.6 is 0 Å². The lowest BCUT2D eigenvalue weighted by Crippen LogP contribution is -2.48. The van der Waals surface area contributed by atoms with Crippen molar-refractivity contribution < 1.29 is 0 Å². The van der Waals surface area contributed by atoms with Crippen LogP contribution in [0.15, 0.2) is 0 Å². The first-order valence-corrected chi connectivity index (χ1v) is 6.56. The molecule has 2 unspecified atom stereocenters. The van der Waals surface area contributed by atoms with E-state index in [9.17, 15) is 0 Å². The highest BCUT2D eigenvalue weighted by Crippen LogP contribution is 2.22. The third kappa shape index (κ3) is 3.76. The van der Waals surface area contributed by atoms with Gasteiger partial charge in [-0.3, -0.25) is 4.90 Å². The van der Waals surface area contributed by atoms with Crippen LogP contribution in [0.4, 0.5) is 0 Å². The highest BCUT2D eigenvalue weighted by atomic mass is 15.2. The standard InChI is InChI=1S/C13H28N2/c1-11(14-3)12(2)15(4)13-9-7-5-6-8-10-13/h11-14H,5-10H2,1-4H3. The van der Waals surface area contributed by atoms with Gasteiger partial charge in [-0.25, -0.2) is 0 Å². The quantitative estimate of drug-likeness (QED) is 0.721. The van der Waals surface area contributed by atoms with Crippen LogP contribution < -0.4 is 5.32 Å². The molecule has 0 aliphatic heterocycles. The van der Waals surface area contributed by atoms with Crippen LogP contribution in [-0.4, -0.2) is 37.1 Å². The Hall–Kier alpha value is -0.0800. The van der Waals surface area contributed by atoms with Gasteiger partial charge in [0.2, 0.25) is 0 Å². The Morgan fingerprint density at radius 2 is 1.60 bits per heavy atom. The maximum Gasteiger partial charge on any atom is 0.0218 e. The van der Waals surface area contributed by atoms with E-state index >= 15 is 0 Å². The summed E-state index contributed by atoms with van der Waals surface area (Å²) < 4.78 is 0. The number of nitrogens with zero attached hydrogens (tertiary/aromatic N) is 1. The van der Waals surface area contributed by atoms with Crippen molar-refractivity contribution >= 4 is 0 Å². The molecule has 0 aromatic rings. The molecule has 0 amide bonds. The molecule has 2 atom stereocenters. The van der Waals surface area contributed by atoms with E-state index in [4.69, 9.17) is 0 Å². The molecule has 0 aromatic carbocycles. The Labute approximate surface area is 95.4 Å². The summed E-state index contributed by atoms with van der Waals surface area (Å²) >= 11 is 0. The third-order valence-electron chi connectivity index (χ3n) is 4.22. The van der Waals surface area contributed by atoms with Gasteiger partial charge in [0.1, 0.15) is 0 Å². The van der Waals surface area contributed by atoms with Crippen LogP contribution in [0.5, 0.6) is 0 Å². The molecule has 1 rings (SSSR count). The number of hydrogen-bond acceptors (Lipinski definition) is 2. The van der Waals surface area contributed by atoms with E-state index in [1.54, 1.807) is 0 Å². The van der Waals surface area contributed by atoms with Crippen molar-refractivity contribution in [3.8, 4) is 0 Å². The Kier molecular flexibility index (Phi) is 5.62. The van der Waals surface area contributed by atoms with Crippen LogP contribution in [0.2, 0.25) is 0 Å². The van der Waals surface area contributed by atoms with Crippen molar-refractivity contribution in [2.45, 2.75) is 70.5 Å². The Balaban J connectivity index is 2.45. The molecule has 15 heavy (non-hydrogen) atoms. The molecule has 1 saturated carbocycles. The number of likely N-dealkylation sites (N-methyl/N-ethyl adjacent to an activating group) is 2. The van der Waals surface area contributed by atoms with Crippen LogP contribution in [0, 0.1) is 0 Å². The van der Waals surface area contributed by atoms with Crippen LogP contribution in [-0.2, 0) is 0 Å². The lowest BCUT2D eigenvalue weighted by Gasteiger charge is -2.36. The number of hydrogen-bond donors (Lipinski definition) is 1. The topological polar surface area (TPSA) is 15.3 Å². The summed E-state index contributed by atoms with van der Waals surface area (Å²) in [6, 6.07) is 2.04. The molecule has 2 nitrogen and oxygen atoms in total. The van der Waals surface area contributed by atoms with Gasteiger partial charge >= 0.3 is 0 Å². The first-order valence-electron chi connectivity index (χ1n) is 6.56. The van der Waals surface area contributed by atoms with Gasteiger partial charge in [-0.05, 0) is 40.8 Å². The molecule has 0 spiro atoms. The molecule has 0 radical (unpaired) electrons. The second-order valence-electron chi connectivity index (χ2n) is 5.13. The monoisotopic (exact) mass is 212 g/mol. The summed E-state index contributed by atoms with van der Waals surface area (Å²) in [7, 11) is 4.36. The Morgan fingerprint density at radius 1 is 1.07 bits per heavy atom. The highest BCUT2D eigenvalue weighted by Gasteiger charge is 2.23. The molecule has 0 saturated heterocycles. The molecule has 90 valence electrons. The Bertz CT molecular complexity index is 162. The molecule has 1 aliphatic carbocycles. The van der Waals surface area contributed by atoms with Crippen LogP contribution in [0.25, 0.3) is 0 Å². The maximum absolute atomic E-state index is 3.36. The molecule has 1 N–H and O–H groups in total. The molecule has 0 bridgehead atoms. The fourth-order valence-electron chi connectivity index (χ4n) is 2.59. The minimum atomic E-state index is 0.582. The lowest BCUT2D eigenvalue weighted by molar-refractivity contribution is 0.144. The summed E-state index contributed by atoms with van der Waals surface area (Å²) in [5.74, 6) is 0. The number of nitrogens with one attached hydrogen (secondary N) is 1. The highest BCUT2D eigenvalue weighted by molar-refractivity contribution is 4.81. The van der Waals surface area contributed by atoms with Gasteiger partial charge in [0.15, 0.2) is 0 Å². The van der Waals surface area contributed by atoms with E-state index in [2.05, 4.69) is 38.2 Å². The largest absolute Gasteiger partial charge is 0.316 e. The molecular weight excluding hydrogens is 184 g/mol. The average molecular weight is 212 g/mol. The van der Waals surface area contributed by atoms with Gasteiger partial charge < -0.3 is 5.32 Å². The van der Waals surface area contributed by atoms with E-state index in [0.717, 1.165) is 6.04 Å². The predicted octanol–water partition coefficient (Wildman–Crippen LogP) is 2.64. The second kappa shape index (κ2) is 6.49. The van der Waals surface area contributed by atoms with Crippen molar-refractivity contribution in [1.82, 2.24) is 10.2 Å². The third-order valence-corrected chi connectivity index (χ3v) is 4.22. The second-order valence-corrected chi connectivity index (χ2v) is 5.13. The predicted molar refractivity (Wildman–Crippen MR) is 67.2 cm³/mol. The van der Waals surface area contributed by atoms with Crippen molar-refractivity contribution in [1.29, 1.82) is 0 Å². The van der Waals surface area contributed by atoms with Crippen LogP contribution in [0.1, 0.15) is 52.4 Å². The van der Waals surface area contributed by atoms with Crippen molar-refractivity contribution in [3.63, 3.8) is 0 Å². The number of rotatable bonds is 4. The molecule has 0 aromatic heterocycles. The van der Waals surface area contributed by atoms with Gasteiger partial charge in [-0.1, -0.05) is 25.7 Å². The fourth-order valence-corrected chi connectivity index (χ4v) is 2.59. The summed E-state index contributed by atoms with van der Waals surface area (Å²) in [5.41, 5.74) is 0. The van der Waals surface area contributed by atoms with Gasteiger partial charge in [0, 0.05) is 18.1 Å².